The summed E-state index contributed by atoms with van der Waals surface area (Å²) in [5.41, 5.74) is 5.88. The van der Waals surface area contributed by atoms with Crippen LogP contribution in [0.4, 0.5) is 19.7 Å². The van der Waals surface area contributed by atoms with E-state index >= 15 is 0 Å². The van der Waals surface area contributed by atoms with Gasteiger partial charge in [-0.25, -0.2) is 27.2 Å². The minimum atomic E-state index is -3.72. The monoisotopic (exact) mass is 559 g/mol. The summed E-state index contributed by atoms with van der Waals surface area (Å²) in [6.07, 6.45) is 6.13. The normalized spacial score (nSPS) is 15.0. The van der Waals surface area contributed by atoms with E-state index in [2.05, 4.69) is 25.3 Å². The fraction of sp³-hybridized carbons (Fsp3) is 0.250. The maximum Gasteiger partial charge on any atom is 0.244 e. The summed E-state index contributed by atoms with van der Waals surface area (Å²) in [5.74, 6) is -2.23. The van der Waals surface area contributed by atoms with Crippen molar-refractivity contribution in [3.05, 3.63) is 82.5 Å². The van der Waals surface area contributed by atoms with Crippen molar-refractivity contribution < 1.29 is 22.0 Å². The quantitative estimate of drug-likeness (QED) is 0.279. The molecule has 4 N–H and O–H groups in total. The van der Waals surface area contributed by atoms with Gasteiger partial charge in [0.1, 0.15) is 33.0 Å². The lowest BCUT2D eigenvalue weighted by Gasteiger charge is -2.31. The summed E-state index contributed by atoms with van der Waals surface area (Å²) in [6.45, 7) is 0.530. The number of halogens is 2. The Hall–Kier alpha value is -3.75. The number of piperidine rings is 1. The van der Waals surface area contributed by atoms with Gasteiger partial charge < -0.3 is 16.0 Å². The number of hydrogen-bond acceptors (Lipinski definition) is 9. The van der Waals surface area contributed by atoms with Crippen molar-refractivity contribution in [3.63, 3.8) is 0 Å². The molecule has 0 atom stereocenters. The lowest BCUT2D eigenvalue weighted by Crippen LogP contribution is -2.42. The van der Waals surface area contributed by atoms with E-state index in [1.54, 1.807) is 24.5 Å². The van der Waals surface area contributed by atoms with E-state index in [0.29, 0.717) is 30.1 Å². The number of rotatable bonds is 8. The second-order valence-corrected chi connectivity index (χ2v) is 11.6. The van der Waals surface area contributed by atoms with Gasteiger partial charge in [0.2, 0.25) is 15.8 Å². The Balaban J connectivity index is 1.20. The van der Waals surface area contributed by atoms with Gasteiger partial charge in [-0.15, -0.1) is 0 Å². The molecule has 4 aromatic rings. The first-order valence-corrected chi connectivity index (χ1v) is 13.9. The lowest BCUT2D eigenvalue weighted by molar-refractivity contribution is 0.103. The maximum absolute atomic E-state index is 14.1. The minimum absolute atomic E-state index is 0.0699. The van der Waals surface area contributed by atoms with Gasteiger partial charge in [-0.1, -0.05) is 17.4 Å². The molecule has 4 heterocycles. The van der Waals surface area contributed by atoms with Crippen LogP contribution in [0.5, 0.6) is 0 Å². The van der Waals surface area contributed by atoms with Crippen molar-refractivity contribution in [2.75, 3.05) is 24.1 Å². The van der Waals surface area contributed by atoms with Crippen molar-refractivity contribution in [3.8, 4) is 0 Å². The molecule has 14 heteroatoms. The highest BCUT2D eigenvalue weighted by Gasteiger charge is 2.31. The van der Waals surface area contributed by atoms with Gasteiger partial charge in [0, 0.05) is 49.8 Å². The Morgan fingerprint density at radius 2 is 1.89 bits per heavy atom. The maximum atomic E-state index is 14.1. The third-order valence-corrected chi connectivity index (χ3v) is 9.05. The van der Waals surface area contributed by atoms with Crippen LogP contribution in [0.3, 0.4) is 0 Å². The Morgan fingerprint density at radius 1 is 1.16 bits per heavy atom. The molecule has 0 unspecified atom stereocenters. The standard InChI is InChI=1S/C24H23F2N7O3S2/c25-17-2-1-3-18(26)20(17)21(34)22-23(27)32-24(37-22)31-14-6-10-33(11-7-14)38(35,36)16-5-4-15(30-13-16)12-19-28-8-9-29-19/h1-5,8-9,13-14H,6-7,10-12,27H2,(H,28,29)(H,31,32). The van der Waals surface area contributed by atoms with Crippen molar-refractivity contribution in [2.24, 2.45) is 0 Å². The van der Waals surface area contributed by atoms with Crippen molar-refractivity contribution in [1.82, 2.24) is 24.2 Å². The molecule has 1 saturated heterocycles. The molecule has 0 saturated carbocycles. The van der Waals surface area contributed by atoms with E-state index in [-0.39, 0.29) is 34.7 Å². The highest BCUT2D eigenvalue weighted by Crippen LogP contribution is 2.31. The zero-order valence-corrected chi connectivity index (χ0v) is 21.5. The number of nitrogen functional groups attached to an aromatic ring is 1. The zero-order chi connectivity index (χ0) is 26.9. The number of carbonyl (C=O) groups is 1. The molecular formula is C24H23F2N7O3S2. The average molecular weight is 560 g/mol. The van der Waals surface area contributed by atoms with Crippen LogP contribution in [0.15, 0.2) is 53.8 Å². The first-order chi connectivity index (χ1) is 18.2. The Kier molecular flexibility index (Phi) is 7.19. The molecule has 0 amide bonds. The molecule has 0 aliphatic carbocycles. The van der Waals surface area contributed by atoms with Crippen molar-refractivity contribution >= 4 is 38.1 Å². The number of H-pyrrole nitrogens is 1. The van der Waals surface area contributed by atoms with Gasteiger partial charge in [-0.3, -0.25) is 9.78 Å². The number of aromatic nitrogens is 4. The van der Waals surface area contributed by atoms with E-state index in [9.17, 15) is 22.0 Å². The topological polar surface area (TPSA) is 147 Å². The number of aromatic amines is 1. The van der Waals surface area contributed by atoms with Crippen LogP contribution in [-0.2, 0) is 16.4 Å². The summed E-state index contributed by atoms with van der Waals surface area (Å²) in [6, 6.07) is 6.25. The first-order valence-electron chi connectivity index (χ1n) is 11.7. The number of imidazole rings is 1. The van der Waals surface area contributed by atoms with Gasteiger partial charge in [0.25, 0.3) is 0 Å². The molecule has 0 spiro atoms. The third kappa shape index (κ3) is 5.28. The number of anilines is 2. The Labute approximate surface area is 221 Å². The molecule has 1 aliphatic heterocycles. The fourth-order valence-corrected chi connectivity index (χ4v) is 6.51. The van der Waals surface area contributed by atoms with Gasteiger partial charge in [0.15, 0.2) is 5.13 Å². The number of thiazole rings is 1. The van der Waals surface area contributed by atoms with Crippen molar-refractivity contribution in [1.29, 1.82) is 0 Å². The molecule has 10 nitrogen and oxygen atoms in total. The first kappa shape index (κ1) is 25.9. The van der Waals surface area contributed by atoms with Crippen LogP contribution < -0.4 is 11.1 Å². The molecular weight excluding hydrogens is 536 g/mol. The summed E-state index contributed by atoms with van der Waals surface area (Å²) in [4.78, 5) is 28.3. The van der Waals surface area contributed by atoms with Crippen LogP contribution >= 0.6 is 11.3 Å². The lowest BCUT2D eigenvalue weighted by atomic mass is 10.1. The average Bonchev–Trinajstić information content (AvgIpc) is 3.54. The van der Waals surface area contributed by atoms with Crippen LogP contribution in [0.25, 0.3) is 0 Å². The second kappa shape index (κ2) is 10.6. The second-order valence-electron chi connectivity index (χ2n) is 8.68. The smallest absolute Gasteiger partial charge is 0.244 e. The molecule has 1 aliphatic rings. The van der Waals surface area contributed by atoms with Crippen LogP contribution in [0, 0.1) is 11.6 Å². The molecule has 1 fully saturated rings. The number of hydrogen-bond donors (Lipinski definition) is 3. The summed E-state index contributed by atoms with van der Waals surface area (Å²) < 4.78 is 55.7. The largest absolute Gasteiger partial charge is 0.382 e. The highest BCUT2D eigenvalue weighted by atomic mass is 32.2. The Morgan fingerprint density at radius 3 is 2.53 bits per heavy atom. The van der Waals surface area contributed by atoms with E-state index in [4.69, 9.17) is 5.73 Å². The summed E-state index contributed by atoms with van der Waals surface area (Å²) >= 11 is 0.902. The van der Waals surface area contributed by atoms with Crippen LogP contribution in [-0.4, -0.2) is 57.6 Å². The number of nitrogens with zero attached hydrogens (tertiary/aromatic N) is 4. The van der Waals surface area contributed by atoms with Crippen LogP contribution in [0.1, 0.15) is 39.6 Å². The number of ketones is 1. The van der Waals surface area contributed by atoms with E-state index < -0.39 is 33.0 Å². The van der Waals surface area contributed by atoms with E-state index in [1.807, 2.05) is 0 Å². The number of sulfonamides is 1. The van der Waals surface area contributed by atoms with Gasteiger partial charge in [-0.05, 0) is 37.1 Å². The number of nitrogens with one attached hydrogen (secondary N) is 2. The Bertz CT molecular complexity index is 1530. The molecule has 1 aromatic carbocycles. The third-order valence-electron chi connectivity index (χ3n) is 6.17. The summed E-state index contributed by atoms with van der Waals surface area (Å²) in [7, 11) is -3.72. The zero-order valence-electron chi connectivity index (χ0n) is 19.9. The molecule has 3 aromatic heterocycles. The highest BCUT2D eigenvalue weighted by molar-refractivity contribution is 7.89. The molecule has 0 bridgehead atoms. The molecule has 38 heavy (non-hydrogen) atoms. The van der Waals surface area contributed by atoms with Gasteiger partial charge in [-0.2, -0.15) is 4.31 Å². The SMILES string of the molecule is Nc1nc(NC2CCN(S(=O)(=O)c3ccc(Cc4ncc[nH]4)nc3)CC2)sc1C(=O)c1c(F)cccc1F. The van der Waals surface area contributed by atoms with Crippen molar-refractivity contribution in [2.45, 2.75) is 30.2 Å². The number of nitrogens with two attached hydrogens (primary N) is 1. The van der Waals surface area contributed by atoms with Crippen LogP contribution in [0.2, 0.25) is 0 Å². The number of benzene rings is 1. The number of carbonyl (C=O) groups excluding carboxylic acids is 1. The molecule has 198 valence electrons. The molecule has 5 rings (SSSR count). The van der Waals surface area contributed by atoms with Gasteiger partial charge in [0.05, 0.1) is 5.56 Å². The summed E-state index contributed by atoms with van der Waals surface area (Å²) in [5, 5.41) is 3.48. The fourth-order valence-electron chi connectivity index (χ4n) is 4.18. The van der Waals surface area contributed by atoms with E-state index in [0.717, 1.165) is 29.3 Å². The van der Waals surface area contributed by atoms with E-state index in [1.165, 1.54) is 16.6 Å². The number of pyridine rings is 1. The molecule has 0 radical (unpaired) electrons. The predicted octanol–water partition coefficient (Wildman–Crippen LogP) is 3.21. The van der Waals surface area contributed by atoms with Gasteiger partial charge >= 0.3 is 0 Å². The minimum Gasteiger partial charge on any atom is -0.382 e. The predicted molar refractivity (Wildman–Crippen MR) is 137 cm³/mol.